The van der Waals surface area contributed by atoms with Crippen LogP contribution in [0.4, 0.5) is 0 Å². The molecule has 0 bridgehead atoms. The van der Waals surface area contributed by atoms with E-state index < -0.39 is 6.04 Å². The van der Waals surface area contributed by atoms with Crippen LogP contribution in [-0.4, -0.2) is 41.9 Å². The highest BCUT2D eigenvalue weighted by Gasteiger charge is 2.25. The average molecular weight is 295 g/mol. The third-order valence-electron chi connectivity index (χ3n) is 4.70. The lowest BCUT2D eigenvalue weighted by atomic mass is 9.85. The van der Waals surface area contributed by atoms with Crippen LogP contribution in [0, 0.1) is 5.92 Å². The van der Waals surface area contributed by atoms with Crippen molar-refractivity contribution in [1.29, 1.82) is 0 Å². The van der Waals surface area contributed by atoms with E-state index in [9.17, 15) is 9.59 Å². The highest BCUT2D eigenvalue weighted by Crippen LogP contribution is 2.26. The van der Waals surface area contributed by atoms with Crippen LogP contribution in [0.3, 0.4) is 0 Å². The van der Waals surface area contributed by atoms with Crippen molar-refractivity contribution < 1.29 is 9.59 Å². The van der Waals surface area contributed by atoms with Crippen molar-refractivity contribution in [2.45, 2.75) is 70.4 Å². The SMILES string of the molecule is CC(CN1CCCC1=O)NC(=O)C(N)CC1CCCCC1. The topological polar surface area (TPSA) is 75.4 Å². The Morgan fingerprint density at radius 3 is 2.67 bits per heavy atom. The number of nitrogens with zero attached hydrogens (tertiary/aromatic N) is 1. The Kier molecular flexibility index (Phi) is 6.03. The molecule has 0 aromatic rings. The summed E-state index contributed by atoms with van der Waals surface area (Å²) in [6, 6.07) is -0.443. The van der Waals surface area contributed by atoms with Crippen molar-refractivity contribution in [2.24, 2.45) is 11.7 Å². The second kappa shape index (κ2) is 7.78. The van der Waals surface area contributed by atoms with Crippen LogP contribution in [0.2, 0.25) is 0 Å². The summed E-state index contributed by atoms with van der Waals surface area (Å²) in [5.74, 6) is 0.734. The minimum Gasteiger partial charge on any atom is -0.351 e. The summed E-state index contributed by atoms with van der Waals surface area (Å²) in [5, 5.41) is 2.96. The van der Waals surface area contributed by atoms with Gasteiger partial charge in [-0.1, -0.05) is 32.1 Å². The fraction of sp³-hybridized carbons (Fsp3) is 0.875. The van der Waals surface area contributed by atoms with Gasteiger partial charge in [0.25, 0.3) is 0 Å². The second-order valence-corrected chi connectivity index (χ2v) is 6.70. The molecule has 1 heterocycles. The molecule has 2 fully saturated rings. The molecular weight excluding hydrogens is 266 g/mol. The van der Waals surface area contributed by atoms with Gasteiger partial charge < -0.3 is 16.0 Å². The van der Waals surface area contributed by atoms with E-state index in [1.54, 1.807) is 0 Å². The fourth-order valence-electron chi connectivity index (χ4n) is 3.51. The molecule has 21 heavy (non-hydrogen) atoms. The first-order valence-corrected chi connectivity index (χ1v) is 8.40. The maximum atomic E-state index is 12.1. The fourth-order valence-corrected chi connectivity index (χ4v) is 3.51. The Morgan fingerprint density at radius 1 is 1.33 bits per heavy atom. The van der Waals surface area contributed by atoms with Crippen molar-refractivity contribution in [1.82, 2.24) is 10.2 Å². The molecule has 2 rings (SSSR count). The van der Waals surface area contributed by atoms with Gasteiger partial charge in [0.1, 0.15) is 0 Å². The number of carbonyl (C=O) groups excluding carboxylic acids is 2. The summed E-state index contributed by atoms with van der Waals surface area (Å²) < 4.78 is 0. The lowest BCUT2D eigenvalue weighted by Crippen LogP contribution is -2.49. The molecule has 0 aromatic heterocycles. The van der Waals surface area contributed by atoms with Gasteiger partial charge in [-0.3, -0.25) is 9.59 Å². The van der Waals surface area contributed by atoms with Crippen LogP contribution < -0.4 is 11.1 Å². The molecular formula is C16H29N3O2. The quantitative estimate of drug-likeness (QED) is 0.778. The van der Waals surface area contributed by atoms with Crippen molar-refractivity contribution in [3.05, 3.63) is 0 Å². The smallest absolute Gasteiger partial charge is 0.237 e. The maximum absolute atomic E-state index is 12.1. The van der Waals surface area contributed by atoms with Crippen LogP contribution in [0.1, 0.15) is 58.3 Å². The lowest BCUT2D eigenvalue weighted by Gasteiger charge is -2.26. The van der Waals surface area contributed by atoms with Gasteiger partial charge >= 0.3 is 0 Å². The van der Waals surface area contributed by atoms with Crippen molar-refractivity contribution in [2.75, 3.05) is 13.1 Å². The Morgan fingerprint density at radius 2 is 2.05 bits per heavy atom. The molecule has 1 saturated heterocycles. The molecule has 0 spiro atoms. The van der Waals surface area contributed by atoms with Gasteiger partial charge in [0.05, 0.1) is 6.04 Å². The van der Waals surface area contributed by atoms with Crippen molar-refractivity contribution >= 4 is 11.8 Å². The summed E-state index contributed by atoms with van der Waals surface area (Å²) in [6.45, 7) is 3.35. The van der Waals surface area contributed by atoms with Crippen LogP contribution >= 0.6 is 0 Å². The van der Waals surface area contributed by atoms with Gasteiger partial charge in [0.2, 0.25) is 11.8 Å². The Labute approximate surface area is 127 Å². The molecule has 1 aliphatic carbocycles. The van der Waals surface area contributed by atoms with E-state index in [4.69, 9.17) is 5.73 Å². The normalized spacial score (nSPS) is 23.1. The van der Waals surface area contributed by atoms with E-state index in [2.05, 4.69) is 5.32 Å². The Bertz CT molecular complexity index is 367. The zero-order chi connectivity index (χ0) is 15.2. The first-order valence-electron chi connectivity index (χ1n) is 8.40. The number of nitrogens with two attached hydrogens (primary N) is 1. The second-order valence-electron chi connectivity index (χ2n) is 6.70. The highest BCUT2D eigenvalue weighted by atomic mass is 16.2. The first kappa shape index (κ1) is 16.3. The van der Waals surface area contributed by atoms with Gasteiger partial charge in [0, 0.05) is 25.6 Å². The lowest BCUT2D eigenvalue weighted by molar-refractivity contribution is -0.129. The molecule has 1 saturated carbocycles. The van der Waals surface area contributed by atoms with Gasteiger partial charge in [-0.15, -0.1) is 0 Å². The number of amides is 2. The Balaban J connectivity index is 1.70. The number of nitrogens with one attached hydrogen (secondary N) is 1. The zero-order valence-corrected chi connectivity index (χ0v) is 13.1. The summed E-state index contributed by atoms with van der Waals surface area (Å²) >= 11 is 0. The van der Waals surface area contributed by atoms with E-state index in [-0.39, 0.29) is 17.9 Å². The van der Waals surface area contributed by atoms with E-state index in [0.29, 0.717) is 18.9 Å². The van der Waals surface area contributed by atoms with Crippen molar-refractivity contribution in [3.8, 4) is 0 Å². The molecule has 2 aliphatic rings. The van der Waals surface area contributed by atoms with Crippen LogP contribution in [0.5, 0.6) is 0 Å². The monoisotopic (exact) mass is 295 g/mol. The summed E-state index contributed by atoms with van der Waals surface area (Å²) in [4.78, 5) is 25.6. The number of carbonyl (C=O) groups is 2. The number of likely N-dealkylation sites (tertiary alicyclic amines) is 1. The molecule has 2 unspecified atom stereocenters. The van der Waals surface area contributed by atoms with Crippen LogP contribution in [0.15, 0.2) is 0 Å². The number of hydrogen-bond donors (Lipinski definition) is 2. The molecule has 5 nitrogen and oxygen atoms in total. The summed E-state index contributed by atoms with van der Waals surface area (Å²) in [5.41, 5.74) is 6.04. The molecule has 2 amide bonds. The van der Waals surface area contributed by atoms with Crippen molar-refractivity contribution in [3.63, 3.8) is 0 Å². The number of hydrogen-bond acceptors (Lipinski definition) is 3. The molecule has 5 heteroatoms. The predicted octanol–water partition coefficient (Wildman–Crippen LogP) is 1.41. The molecule has 0 radical (unpaired) electrons. The van der Waals surface area contributed by atoms with Crippen LogP contribution in [-0.2, 0) is 9.59 Å². The molecule has 120 valence electrons. The molecule has 1 aliphatic heterocycles. The van der Waals surface area contributed by atoms with Gasteiger partial charge in [-0.25, -0.2) is 0 Å². The summed E-state index contributed by atoms with van der Waals surface area (Å²) in [6.07, 6.45) is 8.64. The van der Waals surface area contributed by atoms with Gasteiger partial charge in [0.15, 0.2) is 0 Å². The molecule has 3 N–H and O–H groups in total. The maximum Gasteiger partial charge on any atom is 0.237 e. The number of rotatable bonds is 6. The third-order valence-corrected chi connectivity index (χ3v) is 4.70. The summed E-state index contributed by atoms with van der Waals surface area (Å²) in [7, 11) is 0. The zero-order valence-electron chi connectivity index (χ0n) is 13.1. The average Bonchev–Trinajstić information content (AvgIpc) is 2.85. The third kappa shape index (κ3) is 4.99. The first-order chi connectivity index (χ1) is 10.1. The van der Waals surface area contributed by atoms with E-state index >= 15 is 0 Å². The van der Waals surface area contributed by atoms with Gasteiger partial charge in [-0.05, 0) is 25.7 Å². The minimum atomic E-state index is -0.412. The van der Waals surface area contributed by atoms with E-state index in [1.807, 2.05) is 11.8 Å². The molecule has 2 atom stereocenters. The predicted molar refractivity (Wildman–Crippen MR) is 82.6 cm³/mol. The van der Waals surface area contributed by atoms with E-state index in [0.717, 1.165) is 19.4 Å². The van der Waals surface area contributed by atoms with Gasteiger partial charge in [-0.2, -0.15) is 0 Å². The standard InChI is InChI=1S/C16H29N3O2/c1-12(11-19-9-5-8-15(19)20)18-16(21)14(17)10-13-6-3-2-4-7-13/h12-14H,2-11,17H2,1H3,(H,18,21). The van der Waals surface area contributed by atoms with Crippen LogP contribution in [0.25, 0.3) is 0 Å². The molecule has 0 aromatic carbocycles. The largest absolute Gasteiger partial charge is 0.351 e. The highest BCUT2D eigenvalue weighted by molar-refractivity contribution is 5.82. The Hall–Kier alpha value is -1.10. The minimum absolute atomic E-state index is 0.0306. The van der Waals surface area contributed by atoms with E-state index in [1.165, 1.54) is 32.1 Å².